The van der Waals surface area contributed by atoms with Crippen molar-refractivity contribution >= 4 is 5.91 Å². The van der Waals surface area contributed by atoms with Gasteiger partial charge in [-0.2, -0.15) is 0 Å². The zero-order valence-corrected chi connectivity index (χ0v) is 11.3. The first-order valence-electron chi connectivity index (χ1n) is 6.26. The van der Waals surface area contributed by atoms with Crippen LogP contribution in [0.25, 0.3) is 0 Å². The molecule has 0 aliphatic rings. The molecule has 0 aliphatic heterocycles. The summed E-state index contributed by atoms with van der Waals surface area (Å²) in [7, 11) is 3.37. The molecule has 0 aromatic heterocycles. The van der Waals surface area contributed by atoms with Gasteiger partial charge in [0.25, 0.3) is 5.91 Å². The Bertz CT molecular complexity index is 269. The van der Waals surface area contributed by atoms with Crippen LogP contribution in [-0.4, -0.2) is 36.1 Å². The number of aliphatic hydroxyl groups excluding tert-OH is 1. The zero-order chi connectivity index (χ0) is 13.3. The molecule has 0 spiro atoms. The SMILES string of the molecule is C=CC(O)/C(=C/CCCCCC)C(=O)N(C)C. The molecule has 0 bridgehead atoms. The van der Waals surface area contributed by atoms with E-state index in [9.17, 15) is 9.90 Å². The summed E-state index contributed by atoms with van der Waals surface area (Å²) in [5, 5.41) is 9.71. The molecular formula is C14H25NO2. The van der Waals surface area contributed by atoms with Crippen LogP contribution >= 0.6 is 0 Å². The summed E-state index contributed by atoms with van der Waals surface area (Å²) >= 11 is 0. The van der Waals surface area contributed by atoms with E-state index in [1.165, 1.54) is 30.2 Å². The number of unbranched alkanes of at least 4 members (excludes halogenated alkanes) is 4. The number of aliphatic hydroxyl groups is 1. The quantitative estimate of drug-likeness (QED) is 0.402. The van der Waals surface area contributed by atoms with Crippen molar-refractivity contribution in [2.24, 2.45) is 0 Å². The third-order valence-corrected chi connectivity index (χ3v) is 2.62. The highest BCUT2D eigenvalue weighted by Gasteiger charge is 2.17. The van der Waals surface area contributed by atoms with Crippen molar-refractivity contribution in [3.63, 3.8) is 0 Å². The van der Waals surface area contributed by atoms with Gasteiger partial charge in [0.15, 0.2) is 0 Å². The van der Waals surface area contributed by atoms with Crippen molar-refractivity contribution < 1.29 is 9.90 Å². The maximum absolute atomic E-state index is 11.8. The van der Waals surface area contributed by atoms with Gasteiger partial charge in [-0.25, -0.2) is 0 Å². The van der Waals surface area contributed by atoms with Gasteiger partial charge < -0.3 is 10.0 Å². The van der Waals surface area contributed by atoms with Gasteiger partial charge in [0.2, 0.25) is 0 Å². The molecule has 0 saturated heterocycles. The minimum atomic E-state index is -0.865. The number of hydrogen-bond donors (Lipinski definition) is 1. The summed E-state index contributed by atoms with van der Waals surface area (Å²) in [6, 6.07) is 0. The van der Waals surface area contributed by atoms with Crippen LogP contribution in [0, 0.1) is 0 Å². The number of rotatable bonds is 8. The highest BCUT2D eigenvalue weighted by molar-refractivity contribution is 5.94. The Hall–Kier alpha value is -1.09. The Morgan fingerprint density at radius 3 is 2.47 bits per heavy atom. The third-order valence-electron chi connectivity index (χ3n) is 2.62. The number of amides is 1. The van der Waals surface area contributed by atoms with Gasteiger partial charge >= 0.3 is 0 Å². The van der Waals surface area contributed by atoms with Crippen LogP contribution in [-0.2, 0) is 4.79 Å². The van der Waals surface area contributed by atoms with Crippen molar-refractivity contribution in [3.8, 4) is 0 Å². The van der Waals surface area contributed by atoms with Gasteiger partial charge in [0.05, 0.1) is 0 Å². The van der Waals surface area contributed by atoms with Crippen LogP contribution in [0.1, 0.15) is 39.0 Å². The van der Waals surface area contributed by atoms with E-state index in [0.29, 0.717) is 5.57 Å². The molecule has 0 fully saturated rings. The molecule has 1 atom stereocenters. The summed E-state index contributed by atoms with van der Waals surface area (Å²) in [5.74, 6) is -0.145. The van der Waals surface area contributed by atoms with Crippen LogP contribution in [0.15, 0.2) is 24.3 Å². The first kappa shape index (κ1) is 15.9. The second kappa shape index (κ2) is 8.99. The van der Waals surface area contributed by atoms with Crippen LogP contribution in [0.3, 0.4) is 0 Å². The van der Waals surface area contributed by atoms with E-state index in [-0.39, 0.29) is 5.91 Å². The van der Waals surface area contributed by atoms with Gasteiger partial charge in [0.1, 0.15) is 6.10 Å². The van der Waals surface area contributed by atoms with E-state index in [2.05, 4.69) is 13.5 Å². The van der Waals surface area contributed by atoms with Crippen LogP contribution in [0.5, 0.6) is 0 Å². The lowest BCUT2D eigenvalue weighted by molar-refractivity contribution is -0.125. The molecule has 0 radical (unpaired) electrons. The molecule has 3 nitrogen and oxygen atoms in total. The first-order valence-corrected chi connectivity index (χ1v) is 6.26. The molecule has 0 aromatic carbocycles. The molecule has 0 saturated carbocycles. The van der Waals surface area contributed by atoms with E-state index in [1.807, 2.05) is 6.08 Å². The summed E-state index contributed by atoms with van der Waals surface area (Å²) in [6.45, 7) is 5.68. The number of carbonyl (C=O) groups is 1. The molecule has 98 valence electrons. The fourth-order valence-electron chi connectivity index (χ4n) is 1.55. The van der Waals surface area contributed by atoms with Crippen LogP contribution in [0.2, 0.25) is 0 Å². The van der Waals surface area contributed by atoms with Gasteiger partial charge in [-0.3, -0.25) is 4.79 Å². The number of nitrogens with zero attached hydrogens (tertiary/aromatic N) is 1. The highest BCUT2D eigenvalue weighted by Crippen LogP contribution is 2.11. The van der Waals surface area contributed by atoms with E-state index < -0.39 is 6.10 Å². The predicted octanol–water partition coefficient (Wildman–Crippen LogP) is 2.52. The van der Waals surface area contributed by atoms with Crippen molar-refractivity contribution in [2.45, 2.75) is 45.1 Å². The average molecular weight is 239 g/mol. The Morgan fingerprint density at radius 1 is 1.35 bits per heavy atom. The van der Waals surface area contributed by atoms with E-state index in [4.69, 9.17) is 0 Å². The molecular weight excluding hydrogens is 214 g/mol. The number of carbonyl (C=O) groups excluding carboxylic acids is 1. The number of hydrogen-bond acceptors (Lipinski definition) is 2. The maximum atomic E-state index is 11.8. The minimum absolute atomic E-state index is 0.145. The average Bonchev–Trinajstić information content (AvgIpc) is 2.32. The summed E-state index contributed by atoms with van der Waals surface area (Å²) in [6.07, 6.45) is 7.83. The Balaban J connectivity index is 4.42. The van der Waals surface area contributed by atoms with Crippen molar-refractivity contribution in [2.75, 3.05) is 14.1 Å². The largest absolute Gasteiger partial charge is 0.384 e. The minimum Gasteiger partial charge on any atom is -0.384 e. The molecule has 0 aliphatic carbocycles. The van der Waals surface area contributed by atoms with E-state index in [1.54, 1.807) is 14.1 Å². The number of allylic oxidation sites excluding steroid dienone is 1. The van der Waals surface area contributed by atoms with Gasteiger partial charge in [0, 0.05) is 19.7 Å². The number of likely N-dealkylation sites (N-methyl/N-ethyl adjacent to an activating group) is 1. The molecule has 1 N–H and O–H groups in total. The molecule has 17 heavy (non-hydrogen) atoms. The summed E-state index contributed by atoms with van der Waals surface area (Å²) in [5.41, 5.74) is 0.432. The first-order chi connectivity index (χ1) is 8.04. The predicted molar refractivity (Wildman–Crippen MR) is 71.7 cm³/mol. The third kappa shape index (κ3) is 6.27. The molecule has 0 rings (SSSR count). The van der Waals surface area contributed by atoms with Crippen molar-refractivity contribution in [1.82, 2.24) is 4.90 Å². The van der Waals surface area contributed by atoms with Gasteiger partial charge in [-0.15, -0.1) is 6.58 Å². The lowest BCUT2D eigenvalue weighted by Gasteiger charge is -2.16. The van der Waals surface area contributed by atoms with Gasteiger partial charge in [-0.1, -0.05) is 38.3 Å². The normalized spacial score (nSPS) is 13.3. The Morgan fingerprint density at radius 2 is 2.00 bits per heavy atom. The summed E-state index contributed by atoms with van der Waals surface area (Å²) in [4.78, 5) is 13.3. The zero-order valence-electron chi connectivity index (χ0n) is 11.3. The van der Waals surface area contributed by atoms with Crippen LogP contribution < -0.4 is 0 Å². The Kier molecular flexibility index (Phi) is 8.42. The van der Waals surface area contributed by atoms with E-state index >= 15 is 0 Å². The maximum Gasteiger partial charge on any atom is 0.251 e. The topological polar surface area (TPSA) is 40.5 Å². The fourth-order valence-corrected chi connectivity index (χ4v) is 1.55. The summed E-state index contributed by atoms with van der Waals surface area (Å²) < 4.78 is 0. The Labute approximate surface area is 105 Å². The molecule has 1 amide bonds. The monoisotopic (exact) mass is 239 g/mol. The smallest absolute Gasteiger partial charge is 0.251 e. The molecule has 0 heterocycles. The molecule has 3 heteroatoms. The second-order valence-corrected chi connectivity index (χ2v) is 4.39. The second-order valence-electron chi connectivity index (χ2n) is 4.39. The standard InChI is InChI=1S/C14H25NO2/c1-5-7-8-9-10-11-12(13(16)6-2)14(17)15(3)4/h6,11,13,16H,2,5,7-10H2,1,3-4H3/b12-11-. The molecule has 0 aromatic rings. The van der Waals surface area contributed by atoms with Gasteiger partial charge in [-0.05, 0) is 12.8 Å². The lowest BCUT2D eigenvalue weighted by Crippen LogP contribution is -2.28. The molecule has 1 unspecified atom stereocenters. The van der Waals surface area contributed by atoms with Crippen molar-refractivity contribution in [1.29, 1.82) is 0 Å². The lowest BCUT2D eigenvalue weighted by atomic mass is 10.0. The highest BCUT2D eigenvalue weighted by atomic mass is 16.3. The fraction of sp³-hybridized carbons (Fsp3) is 0.643. The van der Waals surface area contributed by atoms with Crippen LogP contribution in [0.4, 0.5) is 0 Å². The van der Waals surface area contributed by atoms with E-state index in [0.717, 1.165) is 12.8 Å². The van der Waals surface area contributed by atoms with Crippen molar-refractivity contribution in [3.05, 3.63) is 24.3 Å².